The van der Waals surface area contributed by atoms with Gasteiger partial charge >= 0.3 is 11.9 Å². The second-order valence-corrected chi connectivity index (χ2v) is 3.83. The van der Waals surface area contributed by atoms with Crippen LogP contribution in [0.3, 0.4) is 0 Å². The predicted molar refractivity (Wildman–Crippen MR) is 61.0 cm³/mol. The summed E-state index contributed by atoms with van der Waals surface area (Å²) in [5.41, 5.74) is 2.16. The van der Waals surface area contributed by atoms with Gasteiger partial charge in [-0.1, -0.05) is 12.1 Å². The zero-order valence-electron chi connectivity index (χ0n) is 8.93. The molecule has 0 bridgehead atoms. The molecule has 0 radical (unpaired) electrons. The lowest BCUT2D eigenvalue weighted by Crippen LogP contribution is -2.00. The summed E-state index contributed by atoms with van der Waals surface area (Å²) in [6.45, 7) is 0. The Balaban J connectivity index is 2.37. The number of hydrogen-bond acceptors (Lipinski definition) is 2. The molecule has 0 unspecified atom stereocenters. The van der Waals surface area contributed by atoms with Crippen LogP contribution in [0.1, 0.15) is 11.1 Å². The van der Waals surface area contributed by atoms with Crippen LogP contribution in [0.5, 0.6) is 0 Å². The second kappa shape index (κ2) is 4.29. The molecule has 2 aromatic rings. The van der Waals surface area contributed by atoms with E-state index >= 15 is 0 Å². The van der Waals surface area contributed by atoms with Crippen molar-refractivity contribution in [1.29, 1.82) is 0 Å². The number of carbonyl (C=O) groups is 2. The zero-order valence-corrected chi connectivity index (χ0v) is 8.93. The van der Waals surface area contributed by atoms with Crippen LogP contribution in [0, 0.1) is 0 Å². The van der Waals surface area contributed by atoms with Gasteiger partial charge in [0.15, 0.2) is 0 Å². The largest absolute Gasteiger partial charge is 0.481 e. The standard InChI is InChI=1S/C12H11NO4/c14-11(15)4-7-1-2-9-8(5-12(16)17)6-13-10(9)3-7/h1-3,6,13H,4-5H2,(H,14,15)(H,16,17). The molecule has 0 saturated carbocycles. The molecule has 5 nitrogen and oxygen atoms in total. The Morgan fingerprint density at radius 3 is 2.47 bits per heavy atom. The van der Waals surface area contributed by atoms with E-state index in [1.54, 1.807) is 24.4 Å². The van der Waals surface area contributed by atoms with Gasteiger partial charge in [0.2, 0.25) is 0 Å². The van der Waals surface area contributed by atoms with Crippen molar-refractivity contribution in [1.82, 2.24) is 4.98 Å². The molecule has 3 N–H and O–H groups in total. The summed E-state index contributed by atoms with van der Waals surface area (Å²) >= 11 is 0. The fourth-order valence-corrected chi connectivity index (χ4v) is 1.83. The molecule has 17 heavy (non-hydrogen) atoms. The first-order valence-corrected chi connectivity index (χ1v) is 5.09. The number of nitrogens with one attached hydrogen (secondary N) is 1. The fourth-order valence-electron chi connectivity index (χ4n) is 1.83. The third-order valence-electron chi connectivity index (χ3n) is 2.53. The molecule has 1 aromatic heterocycles. The van der Waals surface area contributed by atoms with Crippen LogP contribution in [0.4, 0.5) is 0 Å². The molecule has 0 aliphatic heterocycles. The zero-order chi connectivity index (χ0) is 12.4. The maximum Gasteiger partial charge on any atom is 0.307 e. The van der Waals surface area contributed by atoms with Gasteiger partial charge in [0.1, 0.15) is 0 Å². The highest BCUT2D eigenvalue weighted by Gasteiger charge is 2.08. The minimum Gasteiger partial charge on any atom is -0.481 e. The number of rotatable bonds is 4. The highest BCUT2D eigenvalue weighted by atomic mass is 16.4. The third-order valence-corrected chi connectivity index (χ3v) is 2.53. The Hall–Kier alpha value is -2.30. The molecule has 1 heterocycles. The van der Waals surface area contributed by atoms with Crippen LogP contribution < -0.4 is 0 Å². The van der Waals surface area contributed by atoms with Gasteiger partial charge < -0.3 is 15.2 Å². The van der Waals surface area contributed by atoms with Crippen molar-refractivity contribution >= 4 is 22.8 Å². The van der Waals surface area contributed by atoms with Gasteiger partial charge in [-0.05, 0) is 17.2 Å². The lowest BCUT2D eigenvalue weighted by Gasteiger charge is -1.98. The summed E-state index contributed by atoms with van der Waals surface area (Å²) in [5.74, 6) is -1.78. The van der Waals surface area contributed by atoms with Crippen molar-refractivity contribution in [2.45, 2.75) is 12.8 Å². The first kappa shape index (κ1) is 11.2. The topological polar surface area (TPSA) is 90.4 Å². The minimum atomic E-state index is -0.888. The Labute approximate surface area is 96.7 Å². The number of aromatic nitrogens is 1. The van der Waals surface area contributed by atoms with Crippen LogP contribution in [0.25, 0.3) is 10.9 Å². The predicted octanol–water partition coefficient (Wildman–Crippen LogP) is 1.42. The van der Waals surface area contributed by atoms with Crippen molar-refractivity contribution in [3.63, 3.8) is 0 Å². The molecule has 2 rings (SSSR count). The summed E-state index contributed by atoms with van der Waals surface area (Å²) in [4.78, 5) is 24.1. The number of hydrogen-bond donors (Lipinski definition) is 3. The van der Waals surface area contributed by atoms with Gasteiger partial charge in [-0.25, -0.2) is 0 Å². The maximum atomic E-state index is 10.6. The molecular formula is C12H11NO4. The van der Waals surface area contributed by atoms with E-state index in [2.05, 4.69) is 4.98 Å². The minimum absolute atomic E-state index is 0.0385. The van der Waals surface area contributed by atoms with Crippen molar-refractivity contribution < 1.29 is 19.8 Å². The smallest absolute Gasteiger partial charge is 0.307 e. The number of benzene rings is 1. The van der Waals surface area contributed by atoms with Crippen LogP contribution in [0.15, 0.2) is 24.4 Å². The molecule has 1 aromatic carbocycles. The van der Waals surface area contributed by atoms with Gasteiger partial charge in [0.25, 0.3) is 0 Å². The molecule has 0 fully saturated rings. The lowest BCUT2D eigenvalue weighted by molar-refractivity contribution is -0.137. The SMILES string of the molecule is O=C(O)Cc1ccc2c(CC(=O)O)c[nH]c2c1. The van der Waals surface area contributed by atoms with E-state index in [1.807, 2.05) is 0 Å². The Kier molecular flexibility index (Phi) is 2.82. The van der Waals surface area contributed by atoms with Gasteiger partial charge in [-0.15, -0.1) is 0 Å². The number of carboxylic acid groups (broad SMARTS) is 2. The van der Waals surface area contributed by atoms with E-state index in [4.69, 9.17) is 10.2 Å². The van der Waals surface area contributed by atoms with Crippen molar-refractivity contribution in [3.8, 4) is 0 Å². The van der Waals surface area contributed by atoms with Gasteiger partial charge in [0.05, 0.1) is 12.8 Å². The molecule has 0 spiro atoms. The number of aliphatic carboxylic acids is 2. The first-order valence-electron chi connectivity index (χ1n) is 5.09. The molecule has 5 heteroatoms. The molecular weight excluding hydrogens is 222 g/mol. The fraction of sp³-hybridized carbons (Fsp3) is 0.167. The highest BCUT2D eigenvalue weighted by Crippen LogP contribution is 2.20. The van der Waals surface area contributed by atoms with Gasteiger partial charge in [-0.3, -0.25) is 9.59 Å². The van der Waals surface area contributed by atoms with Crippen LogP contribution in [-0.2, 0) is 22.4 Å². The molecule has 0 saturated heterocycles. The average Bonchev–Trinajstić information content (AvgIpc) is 2.59. The Bertz CT molecular complexity index is 585. The summed E-state index contributed by atoms with van der Waals surface area (Å²) in [6.07, 6.45) is 1.56. The Morgan fingerprint density at radius 2 is 1.82 bits per heavy atom. The molecule has 0 aliphatic rings. The average molecular weight is 233 g/mol. The highest BCUT2D eigenvalue weighted by molar-refractivity contribution is 5.88. The Morgan fingerprint density at radius 1 is 1.12 bits per heavy atom. The number of fused-ring (bicyclic) bond motifs is 1. The number of H-pyrrole nitrogens is 1. The van der Waals surface area contributed by atoms with E-state index in [1.165, 1.54) is 0 Å². The number of carboxylic acids is 2. The summed E-state index contributed by atoms with van der Waals surface area (Å²) in [7, 11) is 0. The lowest BCUT2D eigenvalue weighted by atomic mass is 10.1. The van der Waals surface area contributed by atoms with Gasteiger partial charge in [-0.2, -0.15) is 0 Å². The normalized spacial score (nSPS) is 10.6. The summed E-state index contributed by atoms with van der Waals surface area (Å²) in [6, 6.07) is 5.19. The van der Waals surface area contributed by atoms with E-state index in [9.17, 15) is 9.59 Å². The van der Waals surface area contributed by atoms with Crippen molar-refractivity contribution in [2.24, 2.45) is 0 Å². The third kappa shape index (κ3) is 2.44. The molecule has 88 valence electrons. The molecule has 0 atom stereocenters. The quantitative estimate of drug-likeness (QED) is 0.744. The van der Waals surface area contributed by atoms with E-state index in [0.717, 1.165) is 10.9 Å². The van der Waals surface area contributed by atoms with Crippen LogP contribution in [0.2, 0.25) is 0 Å². The maximum absolute atomic E-state index is 10.6. The second-order valence-electron chi connectivity index (χ2n) is 3.83. The van der Waals surface area contributed by atoms with Crippen molar-refractivity contribution in [2.75, 3.05) is 0 Å². The monoisotopic (exact) mass is 233 g/mol. The molecule has 0 aliphatic carbocycles. The number of aromatic amines is 1. The summed E-state index contributed by atoms with van der Waals surface area (Å²) < 4.78 is 0. The van der Waals surface area contributed by atoms with E-state index in [0.29, 0.717) is 11.1 Å². The first-order chi connectivity index (χ1) is 8.06. The van der Waals surface area contributed by atoms with Crippen LogP contribution in [-0.4, -0.2) is 27.1 Å². The summed E-state index contributed by atoms with van der Waals surface area (Å²) in [5, 5.41) is 18.2. The molecule has 0 amide bonds. The van der Waals surface area contributed by atoms with E-state index in [-0.39, 0.29) is 12.8 Å². The van der Waals surface area contributed by atoms with Crippen molar-refractivity contribution in [3.05, 3.63) is 35.5 Å². The van der Waals surface area contributed by atoms with Crippen LogP contribution >= 0.6 is 0 Å². The van der Waals surface area contributed by atoms with Gasteiger partial charge in [0, 0.05) is 17.1 Å². The van der Waals surface area contributed by atoms with E-state index < -0.39 is 11.9 Å².